The van der Waals surface area contributed by atoms with Crippen molar-refractivity contribution in [3.63, 3.8) is 0 Å². The van der Waals surface area contributed by atoms with Gasteiger partial charge in [0.1, 0.15) is 0 Å². The Balaban J connectivity index is 1.52. The van der Waals surface area contributed by atoms with Gasteiger partial charge in [0.05, 0.1) is 0 Å². The molecule has 0 aliphatic carbocycles. The Hall–Kier alpha value is -1.55. The van der Waals surface area contributed by atoms with Crippen LogP contribution in [0.25, 0.3) is 0 Å². The monoisotopic (exact) mass is 273 g/mol. The molecule has 0 bridgehead atoms. The molecular formula is C16H23N3O. The summed E-state index contributed by atoms with van der Waals surface area (Å²) < 4.78 is 0. The van der Waals surface area contributed by atoms with Gasteiger partial charge in [-0.15, -0.1) is 0 Å². The molecular weight excluding hydrogens is 250 g/mol. The number of aryl methyl sites for hydroxylation is 1. The number of hydrogen-bond donors (Lipinski definition) is 1. The van der Waals surface area contributed by atoms with Crippen LogP contribution in [0.2, 0.25) is 0 Å². The van der Waals surface area contributed by atoms with Crippen molar-refractivity contribution in [1.82, 2.24) is 10.2 Å². The molecule has 0 unspecified atom stereocenters. The first-order chi connectivity index (χ1) is 9.72. The largest absolute Gasteiger partial charge is 0.368 e. The van der Waals surface area contributed by atoms with E-state index in [1.54, 1.807) is 0 Å². The highest BCUT2D eigenvalue weighted by atomic mass is 16.2. The number of carbonyl (C=O) groups is 1. The molecule has 2 saturated heterocycles. The van der Waals surface area contributed by atoms with Crippen LogP contribution in [0.5, 0.6) is 0 Å². The molecule has 2 heterocycles. The lowest BCUT2D eigenvalue weighted by Gasteiger charge is -2.37. The molecule has 3 rings (SSSR count). The van der Waals surface area contributed by atoms with E-state index in [-0.39, 0.29) is 0 Å². The molecule has 20 heavy (non-hydrogen) atoms. The highest BCUT2D eigenvalue weighted by Crippen LogP contribution is 2.19. The standard InChI is InChI=1S/C16H23N3O/c1-13-3-2-4-15(9-13)18-5-7-19(8-6-18)16(20)10-14-11-17-12-14/h2-4,9,14,17H,5-8,10-12H2,1H3. The summed E-state index contributed by atoms with van der Waals surface area (Å²) in [7, 11) is 0. The third kappa shape index (κ3) is 2.96. The summed E-state index contributed by atoms with van der Waals surface area (Å²) in [6.45, 7) is 7.73. The minimum Gasteiger partial charge on any atom is -0.368 e. The van der Waals surface area contributed by atoms with Crippen molar-refractivity contribution < 1.29 is 4.79 Å². The number of rotatable bonds is 3. The molecule has 0 atom stereocenters. The molecule has 0 radical (unpaired) electrons. The van der Waals surface area contributed by atoms with Gasteiger partial charge in [-0.25, -0.2) is 0 Å². The van der Waals surface area contributed by atoms with Crippen LogP contribution >= 0.6 is 0 Å². The Labute approximate surface area is 120 Å². The van der Waals surface area contributed by atoms with Gasteiger partial charge < -0.3 is 15.1 Å². The van der Waals surface area contributed by atoms with E-state index in [0.29, 0.717) is 11.8 Å². The topological polar surface area (TPSA) is 35.6 Å². The lowest BCUT2D eigenvalue weighted by molar-refractivity contribution is -0.132. The summed E-state index contributed by atoms with van der Waals surface area (Å²) in [4.78, 5) is 16.6. The maximum absolute atomic E-state index is 12.2. The summed E-state index contributed by atoms with van der Waals surface area (Å²) in [6.07, 6.45) is 0.720. The molecule has 4 heteroatoms. The number of carbonyl (C=O) groups excluding carboxylic acids is 1. The molecule has 108 valence electrons. The number of nitrogens with one attached hydrogen (secondary N) is 1. The van der Waals surface area contributed by atoms with Gasteiger partial charge in [-0.3, -0.25) is 4.79 Å². The van der Waals surface area contributed by atoms with Crippen LogP contribution < -0.4 is 10.2 Å². The fraction of sp³-hybridized carbons (Fsp3) is 0.562. The summed E-state index contributed by atoms with van der Waals surface area (Å²) in [5, 5.41) is 3.22. The molecule has 1 N–H and O–H groups in total. The van der Waals surface area contributed by atoms with Crippen LogP contribution in [0.15, 0.2) is 24.3 Å². The zero-order valence-electron chi connectivity index (χ0n) is 12.1. The van der Waals surface area contributed by atoms with Crippen molar-refractivity contribution in [2.45, 2.75) is 13.3 Å². The summed E-state index contributed by atoms with van der Waals surface area (Å²) in [5.74, 6) is 0.901. The molecule has 1 amide bonds. The van der Waals surface area contributed by atoms with Gasteiger partial charge in [0.25, 0.3) is 0 Å². The van der Waals surface area contributed by atoms with Crippen molar-refractivity contribution in [3.8, 4) is 0 Å². The number of amides is 1. The summed E-state index contributed by atoms with van der Waals surface area (Å²) >= 11 is 0. The molecule has 2 aliphatic rings. The summed E-state index contributed by atoms with van der Waals surface area (Å²) in [6, 6.07) is 8.60. The maximum Gasteiger partial charge on any atom is 0.223 e. The number of hydrogen-bond acceptors (Lipinski definition) is 3. The van der Waals surface area contributed by atoms with Gasteiger partial charge in [0, 0.05) is 38.3 Å². The van der Waals surface area contributed by atoms with Crippen molar-refractivity contribution in [3.05, 3.63) is 29.8 Å². The molecule has 0 spiro atoms. The van der Waals surface area contributed by atoms with Gasteiger partial charge in [-0.05, 0) is 43.6 Å². The Morgan fingerprint density at radius 3 is 2.60 bits per heavy atom. The minimum absolute atomic E-state index is 0.334. The Bertz CT molecular complexity index is 476. The smallest absolute Gasteiger partial charge is 0.223 e. The maximum atomic E-state index is 12.2. The number of nitrogens with zero attached hydrogens (tertiary/aromatic N) is 2. The second-order valence-corrected chi connectivity index (χ2v) is 5.94. The van der Waals surface area contributed by atoms with Crippen LogP contribution in [0.4, 0.5) is 5.69 Å². The SMILES string of the molecule is Cc1cccc(N2CCN(C(=O)CC3CNC3)CC2)c1. The van der Waals surface area contributed by atoms with E-state index in [2.05, 4.69) is 41.4 Å². The minimum atomic E-state index is 0.334. The quantitative estimate of drug-likeness (QED) is 0.900. The van der Waals surface area contributed by atoms with E-state index < -0.39 is 0 Å². The Kier molecular flexibility index (Phi) is 3.92. The van der Waals surface area contributed by atoms with Crippen LogP contribution in [0.1, 0.15) is 12.0 Å². The second kappa shape index (κ2) is 5.83. The third-order valence-corrected chi connectivity index (χ3v) is 4.33. The lowest BCUT2D eigenvalue weighted by atomic mass is 9.98. The highest BCUT2D eigenvalue weighted by molar-refractivity contribution is 5.77. The van der Waals surface area contributed by atoms with E-state index in [9.17, 15) is 4.79 Å². The molecule has 2 aliphatic heterocycles. The van der Waals surface area contributed by atoms with Crippen molar-refractivity contribution in [2.24, 2.45) is 5.92 Å². The first-order valence-electron chi connectivity index (χ1n) is 7.52. The Morgan fingerprint density at radius 2 is 2.00 bits per heavy atom. The Morgan fingerprint density at radius 1 is 1.25 bits per heavy atom. The van der Waals surface area contributed by atoms with Gasteiger partial charge >= 0.3 is 0 Å². The molecule has 4 nitrogen and oxygen atoms in total. The van der Waals surface area contributed by atoms with E-state index >= 15 is 0 Å². The average Bonchev–Trinajstić information content (AvgIpc) is 2.43. The zero-order chi connectivity index (χ0) is 13.9. The fourth-order valence-electron chi connectivity index (χ4n) is 2.91. The molecule has 1 aromatic rings. The predicted octanol–water partition coefficient (Wildman–Crippen LogP) is 1.25. The van der Waals surface area contributed by atoms with Gasteiger partial charge in [0.15, 0.2) is 0 Å². The van der Waals surface area contributed by atoms with Crippen LogP contribution in [-0.4, -0.2) is 50.1 Å². The molecule has 0 aromatic heterocycles. The van der Waals surface area contributed by atoms with Crippen molar-refractivity contribution in [1.29, 1.82) is 0 Å². The van der Waals surface area contributed by atoms with E-state index in [0.717, 1.165) is 45.7 Å². The van der Waals surface area contributed by atoms with Gasteiger partial charge in [-0.2, -0.15) is 0 Å². The molecule has 1 aromatic carbocycles. The van der Waals surface area contributed by atoms with E-state index in [4.69, 9.17) is 0 Å². The van der Waals surface area contributed by atoms with Crippen LogP contribution in [0, 0.1) is 12.8 Å². The van der Waals surface area contributed by atoms with Gasteiger partial charge in [-0.1, -0.05) is 12.1 Å². The third-order valence-electron chi connectivity index (χ3n) is 4.33. The van der Waals surface area contributed by atoms with E-state index in [1.165, 1.54) is 11.3 Å². The fourth-order valence-corrected chi connectivity index (χ4v) is 2.91. The first-order valence-corrected chi connectivity index (χ1v) is 7.52. The zero-order valence-corrected chi connectivity index (χ0v) is 12.1. The average molecular weight is 273 g/mol. The number of benzene rings is 1. The van der Waals surface area contributed by atoms with Crippen molar-refractivity contribution in [2.75, 3.05) is 44.2 Å². The predicted molar refractivity (Wildman–Crippen MR) is 80.9 cm³/mol. The van der Waals surface area contributed by atoms with E-state index in [1.807, 2.05) is 4.90 Å². The molecule has 0 saturated carbocycles. The first kappa shape index (κ1) is 13.4. The normalized spacial score (nSPS) is 19.9. The van der Waals surface area contributed by atoms with Gasteiger partial charge in [0.2, 0.25) is 5.91 Å². The number of piperazine rings is 1. The number of anilines is 1. The van der Waals surface area contributed by atoms with Crippen LogP contribution in [-0.2, 0) is 4.79 Å². The lowest BCUT2D eigenvalue weighted by Crippen LogP contribution is -2.51. The summed E-state index contributed by atoms with van der Waals surface area (Å²) in [5.41, 5.74) is 2.57. The molecule has 2 fully saturated rings. The van der Waals surface area contributed by atoms with Crippen molar-refractivity contribution >= 4 is 11.6 Å². The van der Waals surface area contributed by atoms with Crippen LogP contribution in [0.3, 0.4) is 0 Å². The highest BCUT2D eigenvalue weighted by Gasteiger charge is 2.26. The second-order valence-electron chi connectivity index (χ2n) is 5.94.